The summed E-state index contributed by atoms with van der Waals surface area (Å²) in [5.41, 5.74) is 1.10. The maximum Gasteiger partial charge on any atom is 0.195 e. The van der Waals surface area contributed by atoms with Gasteiger partial charge in [-0.1, -0.05) is 44.2 Å². The van der Waals surface area contributed by atoms with Crippen molar-refractivity contribution in [1.29, 1.82) is 0 Å². The largest absolute Gasteiger partial charge is 0.300 e. The summed E-state index contributed by atoms with van der Waals surface area (Å²) in [6.45, 7) is 5.34. The van der Waals surface area contributed by atoms with Gasteiger partial charge in [-0.2, -0.15) is 5.10 Å². The summed E-state index contributed by atoms with van der Waals surface area (Å²) in [4.78, 5) is 0. The van der Waals surface area contributed by atoms with E-state index in [0.717, 1.165) is 24.4 Å². The van der Waals surface area contributed by atoms with Crippen LogP contribution in [0.25, 0.3) is 11.4 Å². The van der Waals surface area contributed by atoms with E-state index in [-0.39, 0.29) is 0 Å². The molecule has 0 radical (unpaired) electrons. The molecule has 1 N–H and O–H groups in total. The summed E-state index contributed by atoms with van der Waals surface area (Å²) < 4.78 is 2.77. The molecule has 0 unspecified atom stereocenters. The summed E-state index contributed by atoms with van der Waals surface area (Å²) >= 11 is 5.27. The Bertz CT molecular complexity index is 525. The summed E-state index contributed by atoms with van der Waals surface area (Å²) in [6.07, 6.45) is 1.10. The lowest BCUT2D eigenvalue weighted by atomic mass is 10.1. The highest BCUT2D eigenvalue weighted by molar-refractivity contribution is 7.71. The quantitative estimate of drug-likeness (QED) is 0.837. The minimum absolute atomic E-state index is 0.662. The Labute approximate surface area is 106 Å². The molecule has 0 saturated heterocycles. The number of rotatable bonds is 4. The molecule has 0 aliphatic heterocycles. The number of aromatic nitrogens is 3. The molecule has 0 atom stereocenters. The van der Waals surface area contributed by atoms with E-state index in [9.17, 15) is 0 Å². The van der Waals surface area contributed by atoms with E-state index in [2.05, 4.69) is 40.7 Å². The highest BCUT2D eigenvalue weighted by atomic mass is 32.1. The molecule has 17 heavy (non-hydrogen) atoms. The van der Waals surface area contributed by atoms with Crippen LogP contribution in [0.5, 0.6) is 0 Å². The second-order valence-electron chi connectivity index (χ2n) is 4.55. The first-order valence-corrected chi connectivity index (χ1v) is 6.30. The predicted octanol–water partition coefficient (Wildman–Crippen LogP) is 3.65. The van der Waals surface area contributed by atoms with Gasteiger partial charge in [0.05, 0.1) is 0 Å². The van der Waals surface area contributed by atoms with E-state index < -0.39 is 0 Å². The van der Waals surface area contributed by atoms with Gasteiger partial charge < -0.3 is 4.57 Å². The van der Waals surface area contributed by atoms with E-state index >= 15 is 0 Å². The van der Waals surface area contributed by atoms with Crippen LogP contribution in [0.4, 0.5) is 0 Å². The third-order valence-electron chi connectivity index (χ3n) is 2.72. The second kappa shape index (κ2) is 5.27. The molecule has 0 spiro atoms. The Balaban J connectivity index is 2.33. The van der Waals surface area contributed by atoms with Crippen LogP contribution in [0.2, 0.25) is 0 Å². The zero-order chi connectivity index (χ0) is 12.3. The normalized spacial score (nSPS) is 11.0. The maximum atomic E-state index is 5.27. The Morgan fingerprint density at radius 1 is 1.29 bits per heavy atom. The van der Waals surface area contributed by atoms with Crippen molar-refractivity contribution in [2.24, 2.45) is 5.92 Å². The number of benzene rings is 1. The topological polar surface area (TPSA) is 33.6 Å². The van der Waals surface area contributed by atoms with Crippen LogP contribution in [-0.4, -0.2) is 14.8 Å². The van der Waals surface area contributed by atoms with Crippen molar-refractivity contribution in [3.05, 3.63) is 35.1 Å². The van der Waals surface area contributed by atoms with Crippen LogP contribution >= 0.6 is 12.2 Å². The molecule has 0 bridgehead atoms. The minimum Gasteiger partial charge on any atom is -0.300 e. The average Bonchev–Trinajstić information content (AvgIpc) is 2.69. The SMILES string of the molecule is CC(C)CCn1c(-c2ccccc2)n[nH]c1=S. The summed E-state index contributed by atoms with van der Waals surface area (Å²) in [5, 5.41) is 7.18. The van der Waals surface area contributed by atoms with Crippen molar-refractivity contribution in [2.45, 2.75) is 26.8 Å². The molecular weight excluding hydrogens is 230 g/mol. The molecule has 0 amide bonds. The second-order valence-corrected chi connectivity index (χ2v) is 4.94. The molecule has 2 rings (SSSR count). The van der Waals surface area contributed by atoms with Crippen molar-refractivity contribution >= 4 is 12.2 Å². The first-order chi connectivity index (χ1) is 8.18. The molecule has 90 valence electrons. The molecule has 0 saturated carbocycles. The maximum absolute atomic E-state index is 5.27. The van der Waals surface area contributed by atoms with Crippen LogP contribution in [0.15, 0.2) is 30.3 Å². The summed E-state index contributed by atoms with van der Waals surface area (Å²) in [5.74, 6) is 1.59. The minimum atomic E-state index is 0.662. The monoisotopic (exact) mass is 247 g/mol. The van der Waals surface area contributed by atoms with Gasteiger partial charge in [-0.15, -0.1) is 0 Å². The number of nitrogens with one attached hydrogen (secondary N) is 1. The van der Waals surface area contributed by atoms with E-state index in [1.165, 1.54) is 0 Å². The lowest BCUT2D eigenvalue weighted by Crippen LogP contribution is -2.03. The Morgan fingerprint density at radius 3 is 2.65 bits per heavy atom. The Kier molecular flexibility index (Phi) is 3.74. The first kappa shape index (κ1) is 12.0. The van der Waals surface area contributed by atoms with Crippen molar-refractivity contribution in [2.75, 3.05) is 0 Å². The number of hydrogen-bond donors (Lipinski definition) is 1. The van der Waals surface area contributed by atoms with E-state index in [1.807, 2.05) is 18.2 Å². The van der Waals surface area contributed by atoms with Crippen LogP contribution in [-0.2, 0) is 6.54 Å². The zero-order valence-corrected chi connectivity index (χ0v) is 11.0. The molecule has 3 nitrogen and oxygen atoms in total. The van der Waals surface area contributed by atoms with Gasteiger partial charge >= 0.3 is 0 Å². The van der Waals surface area contributed by atoms with Crippen LogP contribution < -0.4 is 0 Å². The molecular formula is C13H17N3S. The third kappa shape index (κ3) is 2.82. The molecule has 4 heteroatoms. The fourth-order valence-corrected chi connectivity index (χ4v) is 1.94. The Hall–Kier alpha value is -1.42. The van der Waals surface area contributed by atoms with Crippen LogP contribution in [0.3, 0.4) is 0 Å². The number of nitrogens with zero attached hydrogens (tertiary/aromatic N) is 2. The van der Waals surface area contributed by atoms with Gasteiger partial charge in [-0.25, -0.2) is 0 Å². The van der Waals surface area contributed by atoms with Crippen molar-refractivity contribution in [1.82, 2.24) is 14.8 Å². The lowest BCUT2D eigenvalue weighted by Gasteiger charge is -2.08. The van der Waals surface area contributed by atoms with Gasteiger partial charge in [0.2, 0.25) is 0 Å². The smallest absolute Gasteiger partial charge is 0.195 e. The fourth-order valence-electron chi connectivity index (χ4n) is 1.72. The zero-order valence-electron chi connectivity index (χ0n) is 10.2. The van der Waals surface area contributed by atoms with Gasteiger partial charge in [0.15, 0.2) is 10.6 Å². The van der Waals surface area contributed by atoms with Crippen molar-refractivity contribution in [3.63, 3.8) is 0 Å². The van der Waals surface area contributed by atoms with Gasteiger partial charge in [-0.05, 0) is 24.6 Å². The van der Waals surface area contributed by atoms with Gasteiger partial charge in [0.1, 0.15) is 0 Å². The average molecular weight is 247 g/mol. The number of H-pyrrole nitrogens is 1. The number of hydrogen-bond acceptors (Lipinski definition) is 2. The first-order valence-electron chi connectivity index (χ1n) is 5.89. The molecule has 0 fully saturated rings. The molecule has 1 heterocycles. The van der Waals surface area contributed by atoms with Crippen LogP contribution in [0, 0.1) is 10.7 Å². The van der Waals surface area contributed by atoms with Gasteiger partial charge in [0, 0.05) is 12.1 Å². The number of aromatic amines is 1. The molecule has 1 aromatic carbocycles. The van der Waals surface area contributed by atoms with E-state index in [4.69, 9.17) is 12.2 Å². The van der Waals surface area contributed by atoms with Gasteiger partial charge in [0.25, 0.3) is 0 Å². The lowest BCUT2D eigenvalue weighted by molar-refractivity contribution is 0.515. The molecule has 1 aromatic heterocycles. The summed E-state index contributed by atoms with van der Waals surface area (Å²) in [7, 11) is 0. The predicted molar refractivity (Wildman–Crippen MR) is 72.3 cm³/mol. The van der Waals surface area contributed by atoms with Crippen molar-refractivity contribution in [3.8, 4) is 11.4 Å². The third-order valence-corrected chi connectivity index (χ3v) is 3.03. The highest BCUT2D eigenvalue weighted by Gasteiger charge is 2.08. The van der Waals surface area contributed by atoms with E-state index in [0.29, 0.717) is 10.7 Å². The standard InChI is InChI=1S/C13H17N3S/c1-10(2)8-9-16-12(14-15-13(16)17)11-6-4-3-5-7-11/h3-7,10H,8-9H2,1-2H3,(H,15,17). The van der Waals surface area contributed by atoms with Crippen molar-refractivity contribution < 1.29 is 0 Å². The highest BCUT2D eigenvalue weighted by Crippen LogP contribution is 2.17. The van der Waals surface area contributed by atoms with E-state index in [1.54, 1.807) is 0 Å². The molecule has 0 aliphatic rings. The molecule has 0 aliphatic carbocycles. The molecule has 2 aromatic rings. The Morgan fingerprint density at radius 2 is 2.00 bits per heavy atom. The van der Waals surface area contributed by atoms with Gasteiger partial charge in [-0.3, -0.25) is 5.10 Å². The summed E-state index contributed by atoms with van der Waals surface area (Å²) in [6, 6.07) is 10.1. The fraction of sp³-hybridized carbons (Fsp3) is 0.385. The van der Waals surface area contributed by atoms with Crippen LogP contribution in [0.1, 0.15) is 20.3 Å².